The van der Waals surface area contributed by atoms with Crippen LogP contribution in [0.5, 0.6) is 0 Å². The summed E-state index contributed by atoms with van der Waals surface area (Å²) in [6, 6.07) is -0.433. The number of rotatable bonds is 9. The maximum Gasteiger partial charge on any atom is 0.237 e. The highest BCUT2D eigenvalue weighted by Crippen LogP contribution is 2.13. The van der Waals surface area contributed by atoms with Crippen molar-refractivity contribution >= 4 is 11.8 Å². The summed E-state index contributed by atoms with van der Waals surface area (Å²) in [6.07, 6.45) is 1.85. The van der Waals surface area contributed by atoms with Gasteiger partial charge in [-0.25, -0.2) is 0 Å². The molecule has 0 saturated carbocycles. The predicted molar refractivity (Wildman–Crippen MR) is 67.2 cm³/mol. The first-order valence-corrected chi connectivity index (χ1v) is 5.89. The van der Waals surface area contributed by atoms with Crippen LogP contribution in [0.15, 0.2) is 0 Å². The van der Waals surface area contributed by atoms with Gasteiger partial charge in [0.1, 0.15) is 0 Å². The van der Waals surface area contributed by atoms with E-state index in [0.717, 1.165) is 6.42 Å². The zero-order chi connectivity index (χ0) is 13.5. The molecule has 0 saturated heterocycles. The van der Waals surface area contributed by atoms with E-state index in [1.54, 1.807) is 14.0 Å². The zero-order valence-electron chi connectivity index (χ0n) is 10.9. The Hall–Kier alpha value is -1.14. The number of hydrogen-bond acceptors (Lipinski definition) is 4. The number of primary amides is 2. The Morgan fingerprint density at radius 1 is 1.35 bits per heavy atom. The number of likely N-dealkylation sites (N-methyl/N-ethyl adjacent to an activating group) is 1. The van der Waals surface area contributed by atoms with Crippen molar-refractivity contribution in [3.8, 4) is 0 Å². The standard InChI is InChI=1S/C11H24N4O2/c1-4-7-15-11(2,10(13)17)6-5-8(14-3)9(12)16/h8,14-15H,4-7H2,1-3H3,(H2,12,16)(H2,13,17). The van der Waals surface area contributed by atoms with Crippen molar-refractivity contribution in [2.45, 2.75) is 44.7 Å². The predicted octanol–water partition coefficient (Wildman–Crippen LogP) is -0.916. The molecular formula is C11H24N4O2. The van der Waals surface area contributed by atoms with E-state index in [-0.39, 0.29) is 0 Å². The summed E-state index contributed by atoms with van der Waals surface area (Å²) in [5, 5.41) is 5.92. The molecule has 0 spiro atoms. The summed E-state index contributed by atoms with van der Waals surface area (Å²) >= 11 is 0. The highest BCUT2D eigenvalue weighted by atomic mass is 16.2. The van der Waals surface area contributed by atoms with Crippen LogP contribution >= 0.6 is 0 Å². The van der Waals surface area contributed by atoms with Crippen LogP contribution in [0.25, 0.3) is 0 Å². The molecule has 0 aliphatic carbocycles. The second-order valence-corrected chi connectivity index (χ2v) is 4.41. The third kappa shape index (κ3) is 5.14. The lowest BCUT2D eigenvalue weighted by atomic mass is 9.92. The van der Waals surface area contributed by atoms with E-state index in [4.69, 9.17) is 11.5 Å². The summed E-state index contributed by atoms with van der Waals surface area (Å²) in [4.78, 5) is 22.5. The number of amides is 2. The van der Waals surface area contributed by atoms with E-state index >= 15 is 0 Å². The van der Waals surface area contributed by atoms with Gasteiger partial charge in [-0.05, 0) is 39.8 Å². The molecule has 2 atom stereocenters. The summed E-state index contributed by atoms with van der Waals surface area (Å²) in [5.74, 6) is -0.833. The van der Waals surface area contributed by atoms with Crippen LogP contribution < -0.4 is 22.1 Å². The average molecular weight is 244 g/mol. The molecule has 0 aliphatic heterocycles. The molecule has 0 heterocycles. The Morgan fingerprint density at radius 3 is 2.29 bits per heavy atom. The van der Waals surface area contributed by atoms with E-state index < -0.39 is 23.4 Å². The first kappa shape index (κ1) is 15.9. The van der Waals surface area contributed by atoms with Gasteiger partial charge >= 0.3 is 0 Å². The van der Waals surface area contributed by atoms with Gasteiger partial charge in [-0.15, -0.1) is 0 Å². The van der Waals surface area contributed by atoms with Crippen molar-refractivity contribution in [2.75, 3.05) is 13.6 Å². The van der Waals surface area contributed by atoms with Gasteiger partial charge in [0.2, 0.25) is 11.8 Å². The molecule has 6 nitrogen and oxygen atoms in total. The first-order chi connectivity index (χ1) is 7.87. The van der Waals surface area contributed by atoms with E-state index in [9.17, 15) is 9.59 Å². The van der Waals surface area contributed by atoms with Crippen molar-refractivity contribution < 1.29 is 9.59 Å². The van der Waals surface area contributed by atoms with Crippen molar-refractivity contribution in [1.29, 1.82) is 0 Å². The van der Waals surface area contributed by atoms with Crippen LogP contribution in [-0.4, -0.2) is 37.0 Å². The van der Waals surface area contributed by atoms with E-state index in [2.05, 4.69) is 10.6 Å². The monoisotopic (exact) mass is 244 g/mol. The molecule has 2 amide bonds. The average Bonchev–Trinajstić information content (AvgIpc) is 2.26. The third-order valence-electron chi connectivity index (χ3n) is 2.93. The summed E-state index contributed by atoms with van der Waals surface area (Å²) in [7, 11) is 1.66. The SMILES string of the molecule is CCCNC(C)(CCC(NC)C(N)=O)C(N)=O. The molecule has 0 fully saturated rings. The molecule has 0 rings (SSSR count). The van der Waals surface area contributed by atoms with Crippen LogP contribution in [-0.2, 0) is 9.59 Å². The summed E-state index contributed by atoms with van der Waals surface area (Å²) < 4.78 is 0. The lowest BCUT2D eigenvalue weighted by Gasteiger charge is -2.28. The molecule has 17 heavy (non-hydrogen) atoms. The molecule has 0 aliphatic rings. The fourth-order valence-corrected chi connectivity index (χ4v) is 1.56. The summed E-state index contributed by atoms with van der Waals surface area (Å²) in [5.41, 5.74) is 9.80. The Bertz CT molecular complexity index is 270. The quantitative estimate of drug-likeness (QED) is 0.420. The van der Waals surface area contributed by atoms with Gasteiger partial charge in [0.25, 0.3) is 0 Å². The Labute approximate surface area is 102 Å². The van der Waals surface area contributed by atoms with Gasteiger partial charge < -0.3 is 22.1 Å². The van der Waals surface area contributed by atoms with Gasteiger partial charge in [-0.3, -0.25) is 9.59 Å². The minimum atomic E-state index is -0.791. The van der Waals surface area contributed by atoms with E-state index in [0.29, 0.717) is 19.4 Å². The molecule has 0 radical (unpaired) electrons. The number of carbonyl (C=O) groups excluding carboxylic acids is 2. The smallest absolute Gasteiger partial charge is 0.237 e. The van der Waals surface area contributed by atoms with Gasteiger partial charge in [0, 0.05) is 0 Å². The lowest BCUT2D eigenvalue weighted by molar-refractivity contribution is -0.125. The minimum absolute atomic E-state index is 0.412. The number of nitrogens with two attached hydrogens (primary N) is 2. The third-order valence-corrected chi connectivity index (χ3v) is 2.93. The van der Waals surface area contributed by atoms with E-state index in [1.807, 2.05) is 6.92 Å². The largest absolute Gasteiger partial charge is 0.368 e. The lowest BCUT2D eigenvalue weighted by Crippen LogP contribution is -2.54. The fraction of sp³-hybridized carbons (Fsp3) is 0.818. The van der Waals surface area contributed by atoms with Crippen LogP contribution in [0.1, 0.15) is 33.1 Å². The molecule has 0 bridgehead atoms. The number of carbonyl (C=O) groups is 2. The zero-order valence-corrected chi connectivity index (χ0v) is 10.9. The van der Waals surface area contributed by atoms with Crippen molar-refractivity contribution in [3.63, 3.8) is 0 Å². The highest BCUT2D eigenvalue weighted by molar-refractivity contribution is 5.84. The maximum absolute atomic E-state index is 11.4. The van der Waals surface area contributed by atoms with Crippen molar-refractivity contribution in [1.82, 2.24) is 10.6 Å². The van der Waals surface area contributed by atoms with Crippen LogP contribution in [0.4, 0.5) is 0 Å². The summed E-state index contributed by atoms with van der Waals surface area (Å²) in [6.45, 7) is 4.47. The molecule has 100 valence electrons. The highest BCUT2D eigenvalue weighted by Gasteiger charge is 2.31. The molecule has 0 aromatic heterocycles. The molecule has 0 aromatic rings. The topological polar surface area (TPSA) is 110 Å². The van der Waals surface area contributed by atoms with Crippen molar-refractivity contribution in [3.05, 3.63) is 0 Å². The Kier molecular flexibility index (Phi) is 6.75. The minimum Gasteiger partial charge on any atom is -0.368 e. The number of hydrogen-bond donors (Lipinski definition) is 4. The van der Waals surface area contributed by atoms with Gasteiger partial charge in [0.05, 0.1) is 11.6 Å². The van der Waals surface area contributed by atoms with Gasteiger partial charge in [0.15, 0.2) is 0 Å². The molecule has 0 aromatic carbocycles. The first-order valence-electron chi connectivity index (χ1n) is 5.89. The molecule has 6 heteroatoms. The second-order valence-electron chi connectivity index (χ2n) is 4.41. The normalized spacial score (nSPS) is 16.2. The van der Waals surface area contributed by atoms with Gasteiger partial charge in [-0.1, -0.05) is 6.92 Å². The second kappa shape index (κ2) is 7.24. The van der Waals surface area contributed by atoms with Crippen LogP contribution in [0.2, 0.25) is 0 Å². The Morgan fingerprint density at radius 2 is 1.94 bits per heavy atom. The van der Waals surface area contributed by atoms with Crippen LogP contribution in [0, 0.1) is 0 Å². The fourth-order valence-electron chi connectivity index (χ4n) is 1.56. The van der Waals surface area contributed by atoms with Crippen LogP contribution in [0.3, 0.4) is 0 Å². The Balaban J connectivity index is 4.44. The van der Waals surface area contributed by atoms with Gasteiger partial charge in [-0.2, -0.15) is 0 Å². The molecule has 2 unspecified atom stereocenters. The van der Waals surface area contributed by atoms with E-state index in [1.165, 1.54) is 0 Å². The van der Waals surface area contributed by atoms with Crippen molar-refractivity contribution in [2.24, 2.45) is 11.5 Å². The number of nitrogens with one attached hydrogen (secondary N) is 2. The molecular weight excluding hydrogens is 220 g/mol. The molecule has 6 N–H and O–H groups in total. The maximum atomic E-state index is 11.4.